The highest BCUT2D eigenvalue weighted by molar-refractivity contribution is 9.10. The van der Waals surface area contributed by atoms with Gasteiger partial charge in [0.1, 0.15) is 5.82 Å². The van der Waals surface area contributed by atoms with Gasteiger partial charge >= 0.3 is 0 Å². The smallest absolute Gasteiger partial charge is 0.261 e. The average molecular weight is 307 g/mol. The molecule has 1 aliphatic rings. The van der Waals surface area contributed by atoms with Crippen LogP contribution in [0.3, 0.4) is 0 Å². The second-order valence-corrected chi connectivity index (χ2v) is 6.34. The number of aromatic nitrogens is 2. The SMILES string of the molecule is CCC1(C)Cc2nc3cc(Br)ccc3c(=O)n2C1. The maximum atomic E-state index is 12.4. The molecule has 1 aromatic heterocycles. The van der Waals surface area contributed by atoms with Crippen molar-refractivity contribution in [1.29, 1.82) is 0 Å². The Hall–Kier alpha value is -1.16. The van der Waals surface area contributed by atoms with Crippen LogP contribution in [0, 0.1) is 5.41 Å². The summed E-state index contributed by atoms with van der Waals surface area (Å²) in [4.78, 5) is 17.1. The van der Waals surface area contributed by atoms with Gasteiger partial charge in [0.2, 0.25) is 0 Å². The van der Waals surface area contributed by atoms with Crippen molar-refractivity contribution < 1.29 is 0 Å². The molecule has 0 saturated carbocycles. The minimum Gasteiger partial charge on any atom is -0.296 e. The summed E-state index contributed by atoms with van der Waals surface area (Å²) in [5, 5.41) is 0.710. The van der Waals surface area contributed by atoms with Gasteiger partial charge < -0.3 is 0 Å². The second kappa shape index (κ2) is 3.92. The first-order chi connectivity index (χ1) is 8.52. The van der Waals surface area contributed by atoms with Crippen molar-refractivity contribution in [2.24, 2.45) is 5.41 Å². The van der Waals surface area contributed by atoms with Gasteiger partial charge in [-0.2, -0.15) is 0 Å². The van der Waals surface area contributed by atoms with Gasteiger partial charge in [0, 0.05) is 17.4 Å². The zero-order valence-corrected chi connectivity index (χ0v) is 12.1. The van der Waals surface area contributed by atoms with E-state index in [0.29, 0.717) is 5.39 Å². The third-order valence-corrected chi connectivity index (χ3v) is 4.47. The van der Waals surface area contributed by atoms with Gasteiger partial charge in [-0.25, -0.2) is 4.98 Å². The number of hydrogen-bond donors (Lipinski definition) is 0. The number of fused-ring (bicyclic) bond motifs is 2. The molecule has 0 saturated heterocycles. The molecule has 0 N–H and O–H groups in total. The predicted octanol–water partition coefficient (Wildman–Crippen LogP) is 3.13. The zero-order valence-electron chi connectivity index (χ0n) is 10.5. The van der Waals surface area contributed by atoms with Crippen LogP contribution in [0.5, 0.6) is 0 Å². The molecule has 18 heavy (non-hydrogen) atoms. The Morgan fingerprint density at radius 1 is 1.50 bits per heavy atom. The number of benzene rings is 1. The highest BCUT2D eigenvalue weighted by Crippen LogP contribution is 2.33. The van der Waals surface area contributed by atoms with Gasteiger partial charge in [0.25, 0.3) is 5.56 Å². The Kier molecular flexibility index (Phi) is 2.59. The maximum absolute atomic E-state index is 12.4. The van der Waals surface area contributed by atoms with Crippen LogP contribution in [0.2, 0.25) is 0 Å². The monoisotopic (exact) mass is 306 g/mol. The van der Waals surface area contributed by atoms with Crippen molar-refractivity contribution in [2.75, 3.05) is 0 Å². The molecule has 1 atom stereocenters. The molecule has 1 aromatic carbocycles. The quantitative estimate of drug-likeness (QED) is 0.811. The lowest BCUT2D eigenvalue weighted by molar-refractivity contribution is 0.303. The first-order valence-corrected chi connectivity index (χ1v) is 7.01. The number of rotatable bonds is 1. The molecule has 2 heterocycles. The molecule has 3 nitrogen and oxygen atoms in total. The standard InChI is InChI=1S/C14H15BrN2O/c1-3-14(2)7-12-16-11-6-9(15)4-5-10(11)13(18)17(12)8-14/h4-6H,3,7-8H2,1-2H3. The van der Waals surface area contributed by atoms with Crippen LogP contribution in [-0.2, 0) is 13.0 Å². The van der Waals surface area contributed by atoms with Crippen LogP contribution < -0.4 is 5.56 Å². The topological polar surface area (TPSA) is 34.9 Å². The molecular formula is C14H15BrN2O. The Morgan fingerprint density at radius 3 is 3.00 bits per heavy atom. The molecule has 0 bridgehead atoms. The van der Waals surface area contributed by atoms with E-state index in [9.17, 15) is 4.79 Å². The maximum Gasteiger partial charge on any atom is 0.261 e. The first-order valence-electron chi connectivity index (χ1n) is 6.21. The molecule has 0 amide bonds. The van der Waals surface area contributed by atoms with E-state index in [4.69, 9.17) is 0 Å². The Morgan fingerprint density at radius 2 is 2.28 bits per heavy atom. The summed E-state index contributed by atoms with van der Waals surface area (Å²) in [6.45, 7) is 5.19. The minimum atomic E-state index is 0.0969. The predicted molar refractivity (Wildman–Crippen MR) is 75.8 cm³/mol. The fraction of sp³-hybridized carbons (Fsp3) is 0.429. The average Bonchev–Trinajstić information content (AvgIpc) is 2.67. The third-order valence-electron chi connectivity index (χ3n) is 3.97. The summed E-state index contributed by atoms with van der Waals surface area (Å²) >= 11 is 3.42. The van der Waals surface area contributed by atoms with Crippen molar-refractivity contribution in [3.05, 3.63) is 38.9 Å². The van der Waals surface area contributed by atoms with Crippen LogP contribution in [-0.4, -0.2) is 9.55 Å². The molecular weight excluding hydrogens is 292 g/mol. The molecule has 1 aliphatic heterocycles. The molecule has 0 fully saturated rings. The van der Waals surface area contributed by atoms with E-state index in [2.05, 4.69) is 34.8 Å². The fourth-order valence-electron chi connectivity index (χ4n) is 2.59. The summed E-state index contributed by atoms with van der Waals surface area (Å²) in [5.74, 6) is 0.926. The van der Waals surface area contributed by atoms with E-state index in [1.807, 2.05) is 22.8 Å². The fourth-order valence-corrected chi connectivity index (χ4v) is 2.94. The lowest BCUT2D eigenvalue weighted by Crippen LogP contribution is -2.23. The first kappa shape index (κ1) is 11.9. The highest BCUT2D eigenvalue weighted by Gasteiger charge is 2.33. The molecule has 4 heteroatoms. The molecule has 1 unspecified atom stereocenters. The van der Waals surface area contributed by atoms with E-state index in [1.54, 1.807) is 0 Å². The molecule has 94 valence electrons. The van der Waals surface area contributed by atoms with Crippen molar-refractivity contribution >= 4 is 26.8 Å². The molecule has 0 aliphatic carbocycles. The Labute approximate surface area is 114 Å². The summed E-state index contributed by atoms with van der Waals surface area (Å²) in [6, 6.07) is 5.66. The van der Waals surface area contributed by atoms with Gasteiger partial charge in [0.05, 0.1) is 10.9 Å². The van der Waals surface area contributed by atoms with Crippen molar-refractivity contribution in [3.8, 4) is 0 Å². The largest absolute Gasteiger partial charge is 0.296 e. The summed E-state index contributed by atoms with van der Waals surface area (Å²) in [7, 11) is 0. The van der Waals surface area contributed by atoms with Gasteiger partial charge in [-0.15, -0.1) is 0 Å². The van der Waals surface area contributed by atoms with Gasteiger partial charge in [-0.1, -0.05) is 29.8 Å². The summed E-state index contributed by atoms with van der Waals surface area (Å²) < 4.78 is 2.81. The van der Waals surface area contributed by atoms with E-state index in [-0.39, 0.29) is 11.0 Å². The second-order valence-electron chi connectivity index (χ2n) is 5.42. The van der Waals surface area contributed by atoms with Crippen molar-refractivity contribution in [1.82, 2.24) is 9.55 Å². The van der Waals surface area contributed by atoms with Gasteiger partial charge in [0.15, 0.2) is 0 Å². The summed E-state index contributed by atoms with van der Waals surface area (Å²) in [5.41, 5.74) is 1.06. The van der Waals surface area contributed by atoms with Crippen molar-refractivity contribution in [2.45, 2.75) is 33.2 Å². The van der Waals surface area contributed by atoms with Gasteiger partial charge in [-0.3, -0.25) is 9.36 Å². The molecule has 0 radical (unpaired) electrons. The van der Waals surface area contributed by atoms with E-state index in [1.165, 1.54) is 0 Å². The molecule has 0 spiro atoms. The van der Waals surface area contributed by atoms with E-state index in [0.717, 1.165) is 35.2 Å². The van der Waals surface area contributed by atoms with E-state index < -0.39 is 0 Å². The highest BCUT2D eigenvalue weighted by atomic mass is 79.9. The third kappa shape index (κ3) is 1.70. The van der Waals surface area contributed by atoms with Gasteiger partial charge in [-0.05, 0) is 30.0 Å². The molecule has 3 rings (SSSR count). The summed E-state index contributed by atoms with van der Waals surface area (Å²) in [6.07, 6.45) is 1.96. The number of halogens is 1. The van der Waals surface area contributed by atoms with Crippen LogP contribution >= 0.6 is 15.9 Å². The lowest BCUT2D eigenvalue weighted by Gasteiger charge is -2.18. The minimum absolute atomic E-state index is 0.0969. The lowest BCUT2D eigenvalue weighted by atomic mass is 9.86. The number of nitrogens with zero attached hydrogens (tertiary/aromatic N) is 2. The van der Waals surface area contributed by atoms with Crippen LogP contribution in [0.4, 0.5) is 0 Å². The zero-order chi connectivity index (χ0) is 12.9. The van der Waals surface area contributed by atoms with Crippen LogP contribution in [0.15, 0.2) is 27.5 Å². The Balaban J connectivity index is 2.27. The van der Waals surface area contributed by atoms with Crippen LogP contribution in [0.1, 0.15) is 26.1 Å². The molecule has 2 aromatic rings. The van der Waals surface area contributed by atoms with Crippen LogP contribution in [0.25, 0.3) is 10.9 Å². The Bertz CT molecular complexity index is 692. The van der Waals surface area contributed by atoms with E-state index >= 15 is 0 Å². The van der Waals surface area contributed by atoms with Crippen molar-refractivity contribution in [3.63, 3.8) is 0 Å². The number of hydrogen-bond acceptors (Lipinski definition) is 2. The normalized spacial score (nSPS) is 22.4.